The minimum atomic E-state index is 0.498. The average molecular weight is 282 g/mol. The van der Waals surface area contributed by atoms with E-state index in [1.165, 1.54) is 22.4 Å². The zero-order valence-electron chi connectivity index (χ0n) is 13.6. The predicted octanol–water partition coefficient (Wildman–Crippen LogP) is 4.13. The molecule has 2 nitrogen and oxygen atoms in total. The van der Waals surface area contributed by atoms with Crippen LogP contribution >= 0.6 is 0 Å². The lowest BCUT2D eigenvalue weighted by Gasteiger charge is -2.24. The monoisotopic (exact) mass is 282 g/mol. The van der Waals surface area contributed by atoms with Crippen molar-refractivity contribution in [1.29, 1.82) is 0 Å². The molecule has 21 heavy (non-hydrogen) atoms. The first-order valence-corrected chi connectivity index (χ1v) is 7.64. The van der Waals surface area contributed by atoms with Crippen LogP contribution in [0.5, 0.6) is 0 Å². The first-order chi connectivity index (χ1) is 10.1. The van der Waals surface area contributed by atoms with Gasteiger partial charge in [-0.2, -0.15) is 0 Å². The largest absolute Gasteiger partial charge is 0.370 e. The SMILES string of the molecule is Cc1ccc(N(C)Cc2ccccc2)c(CNC(C)C)c1. The first kappa shape index (κ1) is 15.6. The summed E-state index contributed by atoms with van der Waals surface area (Å²) >= 11 is 0. The summed E-state index contributed by atoms with van der Waals surface area (Å²) in [6, 6.07) is 17.8. The molecule has 0 fully saturated rings. The highest BCUT2D eigenvalue weighted by Crippen LogP contribution is 2.22. The molecule has 2 aromatic rings. The van der Waals surface area contributed by atoms with Crippen molar-refractivity contribution in [2.24, 2.45) is 0 Å². The van der Waals surface area contributed by atoms with Crippen LogP contribution in [0.4, 0.5) is 5.69 Å². The molecule has 0 aromatic heterocycles. The summed E-state index contributed by atoms with van der Waals surface area (Å²) in [7, 11) is 2.16. The average Bonchev–Trinajstić information content (AvgIpc) is 2.46. The van der Waals surface area contributed by atoms with Crippen molar-refractivity contribution in [3.8, 4) is 0 Å². The van der Waals surface area contributed by atoms with Crippen LogP contribution in [0.3, 0.4) is 0 Å². The molecule has 0 aliphatic carbocycles. The van der Waals surface area contributed by atoms with Gasteiger partial charge in [0.05, 0.1) is 0 Å². The maximum absolute atomic E-state index is 3.52. The second-order valence-electron chi connectivity index (χ2n) is 6.01. The molecule has 2 rings (SSSR count). The fraction of sp³-hybridized carbons (Fsp3) is 0.368. The van der Waals surface area contributed by atoms with Gasteiger partial charge in [-0.1, -0.05) is 61.9 Å². The molecule has 0 amide bonds. The number of hydrogen-bond acceptors (Lipinski definition) is 2. The van der Waals surface area contributed by atoms with Gasteiger partial charge in [0.1, 0.15) is 0 Å². The Morgan fingerprint density at radius 3 is 2.43 bits per heavy atom. The number of aryl methyl sites for hydroxylation is 1. The number of rotatable bonds is 6. The molecule has 0 atom stereocenters. The third-order valence-corrected chi connectivity index (χ3v) is 3.61. The minimum absolute atomic E-state index is 0.498. The summed E-state index contributed by atoms with van der Waals surface area (Å²) in [4.78, 5) is 2.33. The van der Waals surface area contributed by atoms with Crippen LogP contribution < -0.4 is 10.2 Å². The summed E-state index contributed by atoms with van der Waals surface area (Å²) in [5, 5.41) is 3.52. The van der Waals surface area contributed by atoms with E-state index in [4.69, 9.17) is 0 Å². The molecule has 2 heteroatoms. The van der Waals surface area contributed by atoms with Gasteiger partial charge in [0, 0.05) is 31.9 Å². The topological polar surface area (TPSA) is 15.3 Å². The highest BCUT2D eigenvalue weighted by molar-refractivity contribution is 5.54. The highest BCUT2D eigenvalue weighted by Gasteiger charge is 2.09. The third kappa shape index (κ3) is 4.61. The molecular formula is C19H26N2. The Bertz CT molecular complexity index is 561. The Kier molecular flexibility index (Phi) is 5.40. The second kappa shape index (κ2) is 7.28. The summed E-state index contributed by atoms with van der Waals surface area (Å²) in [5.41, 5.74) is 5.32. The molecule has 2 aromatic carbocycles. The molecule has 0 saturated heterocycles. The van der Waals surface area contributed by atoms with Crippen LogP contribution in [0.2, 0.25) is 0 Å². The van der Waals surface area contributed by atoms with E-state index >= 15 is 0 Å². The molecule has 0 aliphatic rings. The van der Waals surface area contributed by atoms with E-state index in [9.17, 15) is 0 Å². The van der Waals surface area contributed by atoms with Crippen molar-refractivity contribution in [1.82, 2.24) is 5.32 Å². The van der Waals surface area contributed by atoms with Gasteiger partial charge in [0.2, 0.25) is 0 Å². The summed E-state index contributed by atoms with van der Waals surface area (Å²) in [5.74, 6) is 0. The molecule has 0 bridgehead atoms. The predicted molar refractivity (Wildman–Crippen MR) is 91.7 cm³/mol. The van der Waals surface area contributed by atoms with Crippen molar-refractivity contribution in [3.63, 3.8) is 0 Å². The van der Waals surface area contributed by atoms with Gasteiger partial charge in [-0.15, -0.1) is 0 Å². The standard InChI is InChI=1S/C19H26N2/c1-15(2)20-13-18-12-16(3)10-11-19(18)21(4)14-17-8-6-5-7-9-17/h5-12,15,20H,13-14H2,1-4H3. The molecule has 0 unspecified atom stereocenters. The fourth-order valence-corrected chi connectivity index (χ4v) is 2.48. The smallest absolute Gasteiger partial charge is 0.0426 e. The summed E-state index contributed by atoms with van der Waals surface area (Å²) in [6.45, 7) is 8.36. The molecular weight excluding hydrogens is 256 g/mol. The van der Waals surface area contributed by atoms with Crippen LogP contribution in [0.1, 0.15) is 30.5 Å². The molecule has 0 radical (unpaired) electrons. The van der Waals surface area contributed by atoms with Crippen molar-refractivity contribution in [3.05, 3.63) is 65.2 Å². The number of hydrogen-bond donors (Lipinski definition) is 1. The van der Waals surface area contributed by atoms with Crippen LogP contribution in [0, 0.1) is 6.92 Å². The maximum Gasteiger partial charge on any atom is 0.0426 e. The van der Waals surface area contributed by atoms with Gasteiger partial charge in [-0.25, -0.2) is 0 Å². The van der Waals surface area contributed by atoms with E-state index in [-0.39, 0.29) is 0 Å². The maximum atomic E-state index is 3.52. The van der Waals surface area contributed by atoms with Gasteiger partial charge in [0.15, 0.2) is 0 Å². The van der Waals surface area contributed by atoms with Gasteiger partial charge >= 0.3 is 0 Å². The van der Waals surface area contributed by atoms with E-state index in [0.717, 1.165) is 13.1 Å². The Morgan fingerprint density at radius 2 is 1.76 bits per heavy atom. The van der Waals surface area contributed by atoms with Crippen LogP contribution in [0.15, 0.2) is 48.5 Å². The Balaban J connectivity index is 2.17. The van der Waals surface area contributed by atoms with Crippen LogP contribution in [-0.4, -0.2) is 13.1 Å². The van der Waals surface area contributed by atoms with Gasteiger partial charge in [-0.3, -0.25) is 0 Å². The van der Waals surface area contributed by atoms with Crippen molar-refractivity contribution < 1.29 is 0 Å². The molecule has 0 aliphatic heterocycles. The Morgan fingerprint density at radius 1 is 1.05 bits per heavy atom. The quantitative estimate of drug-likeness (QED) is 0.857. The molecule has 0 heterocycles. The normalized spacial score (nSPS) is 10.9. The van der Waals surface area contributed by atoms with Gasteiger partial charge < -0.3 is 10.2 Å². The fourth-order valence-electron chi connectivity index (χ4n) is 2.48. The Hall–Kier alpha value is -1.80. The summed E-state index contributed by atoms with van der Waals surface area (Å²) in [6.07, 6.45) is 0. The second-order valence-corrected chi connectivity index (χ2v) is 6.01. The number of nitrogens with zero attached hydrogens (tertiary/aromatic N) is 1. The van der Waals surface area contributed by atoms with Gasteiger partial charge in [-0.05, 0) is 24.1 Å². The van der Waals surface area contributed by atoms with Crippen LogP contribution in [0.25, 0.3) is 0 Å². The van der Waals surface area contributed by atoms with E-state index in [2.05, 4.69) is 86.6 Å². The van der Waals surface area contributed by atoms with Crippen molar-refractivity contribution in [2.75, 3.05) is 11.9 Å². The van der Waals surface area contributed by atoms with Crippen LogP contribution in [-0.2, 0) is 13.1 Å². The summed E-state index contributed by atoms with van der Waals surface area (Å²) < 4.78 is 0. The van der Waals surface area contributed by atoms with Crippen molar-refractivity contribution in [2.45, 2.75) is 39.9 Å². The zero-order chi connectivity index (χ0) is 15.2. The lowest BCUT2D eigenvalue weighted by molar-refractivity contribution is 0.588. The van der Waals surface area contributed by atoms with E-state index < -0.39 is 0 Å². The zero-order valence-corrected chi connectivity index (χ0v) is 13.6. The van der Waals surface area contributed by atoms with E-state index in [0.29, 0.717) is 6.04 Å². The molecule has 1 N–H and O–H groups in total. The lowest BCUT2D eigenvalue weighted by atomic mass is 10.1. The highest BCUT2D eigenvalue weighted by atomic mass is 15.1. The Labute approximate surface area is 128 Å². The van der Waals surface area contributed by atoms with Gasteiger partial charge in [0.25, 0.3) is 0 Å². The number of anilines is 1. The van der Waals surface area contributed by atoms with E-state index in [1.54, 1.807) is 0 Å². The number of benzene rings is 2. The first-order valence-electron chi connectivity index (χ1n) is 7.64. The third-order valence-electron chi connectivity index (χ3n) is 3.61. The number of nitrogens with one attached hydrogen (secondary N) is 1. The molecule has 0 spiro atoms. The molecule has 0 saturated carbocycles. The van der Waals surface area contributed by atoms with Crippen molar-refractivity contribution >= 4 is 5.69 Å². The molecule has 112 valence electrons. The lowest BCUT2D eigenvalue weighted by Crippen LogP contribution is -2.24. The van der Waals surface area contributed by atoms with E-state index in [1.807, 2.05) is 0 Å². The minimum Gasteiger partial charge on any atom is -0.370 e.